The Morgan fingerprint density at radius 3 is 2.55 bits per heavy atom. The van der Waals surface area contributed by atoms with Gasteiger partial charge in [-0.15, -0.1) is 0 Å². The zero-order valence-electron chi connectivity index (χ0n) is 17.0. The fourth-order valence-electron chi connectivity index (χ4n) is 3.90. The minimum atomic E-state index is -1.08. The van der Waals surface area contributed by atoms with Crippen molar-refractivity contribution >= 4 is 22.8 Å². The molecule has 0 amide bonds. The average Bonchev–Trinajstić information content (AvgIpc) is 3.16. The van der Waals surface area contributed by atoms with Crippen molar-refractivity contribution in [1.82, 2.24) is 19.7 Å². The van der Waals surface area contributed by atoms with Crippen LogP contribution in [0.3, 0.4) is 0 Å². The molecule has 0 spiro atoms. The molecule has 3 aromatic heterocycles. The van der Waals surface area contributed by atoms with Gasteiger partial charge in [0.2, 0.25) is 0 Å². The summed E-state index contributed by atoms with van der Waals surface area (Å²) in [5, 5.41) is 15.1. The number of morpholine rings is 1. The van der Waals surface area contributed by atoms with Gasteiger partial charge in [0.1, 0.15) is 5.82 Å². The van der Waals surface area contributed by atoms with Gasteiger partial charge in [-0.2, -0.15) is 5.10 Å². The number of anilines is 1. The first-order valence-corrected chi connectivity index (χ1v) is 10.1. The fourth-order valence-corrected chi connectivity index (χ4v) is 3.90. The van der Waals surface area contributed by atoms with Crippen molar-refractivity contribution in [1.29, 1.82) is 0 Å². The van der Waals surface area contributed by atoms with E-state index in [1.165, 1.54) is 0 Å². The molecular weight excluding hydrogens is 394 g/mol. The molecule has 1 aromatic carbocycles. The van der Waals surface area contributed by atoms with Gasteiger partial charge in [-0.1, -0.05) is 18.2 Å². The third-order valence-electron chi connectivity index (χ3n) is 5.43. The summed E-state index contributed by atoms with van der Waals surface area (Å²) >= 11 is 0. The molecule has 8 heteroatoms. The molecule has 0 aliphatic carbocycles. The van der Waals surface area contributed by atoms with Crippen LogP contribution in [0.25, 0.3) is 27.8 Å². The molecule has 0 radical (unpaired) electrons. The highest BCUT2D eigenvalue weighted by atomic mass is 16.5. The maximum absolute atomic E-state index is 11.8. The van der Waals surface area contributed by atoms with Crippen LogP contribution in [-0.4, -0.2) is 57.1 Å². The Kier molecular flexibility index (Phi) is 4.83. The van der Waals surface area contributed by atoms with Crippen molar-refractivity contribution in [2.75, 3.05) is 31.2 Å². The maximum atomic E-state index is 11.8. The lowest BCUT2D eigenvalue weighted by Gasteiger charge is -2.27. The summed E-state index contributed by atoms with van der Waals surface area (Å²) in [5.74, 6) is -0.202. The van der Waals surface area contributed by atoms with Gasteiger partial charge < -0.3 is 14.7 Å². The molecule has 4 aromatic rings. The van der Waals surface area contributed by atoms with E-state index in [0.717, 1.165) is 46.8 Å². The van der Waals surface area contributed by atoms with Gasteiger partial charge in [0.25, 0.3) is 0 Å². The molecule has 1 N–H and O–H groups in total. The molecule has 1 saturated heterocycles. The van der Waals surface area contributed by atoms with E-state index in [4.69, 9.17) is 4.74 Å². The van der Waals surface area contributed by atoms with Gasteiger partial charge in [0, 0.05) is 24.8 Å². The number of benzene rings is 1. The van der Waals surface area contributed by atoms with Crippen LogP contribution in [0, 0.1) is 6.92 Å². The van der Waals surface area contributed by atoms with Gasteiger partial charge in [0.05, 0.1) is 30.0 Å². The van der Waals surface area contributed by atoms with Crippen molar-refractivity contribution in [2.24, 2.45) is 0 Å². The Hall–Kier alpha value is -3.78. The Morgan fingerprint density at radius 2 is 1.87 bits per heavy atom. The second-order valence-electron chi connectivity index (χ2n) is 7.40. The number of hydrogen-bond donors (Lipinski definition) is 1. The van der Waals surface area contributed by atoms with Crippen LogP contribution in [0.4, 0.5) is 5.82 Å². The normalized spacial score (nSPS) is 14.2. The van der Waals surface area contributed by atoms with E-state index in [0.29, 0.717) is 18.9 Å². The topological polar surface area (TPSA) is 93.4 Å². The van der Waals surface area contributed by atoms with E-state index in [1.807, 2.05) is 49.4 Å². The highest BCUT2D eigenvalue weighted by Crippen LogP contribution is 2.32. The SMILES string of the molecule is Cc1nn(-c2ccccc2)c2nc(C(=O)O)cc(-c3ccc(N4CCOCC4)nc3)c12. The van der Waals surface area contributed by atoms with Crippen molar-refractivity contribution in [3.8, 4) is 16.8 Å². The molecule has 5 rings (SSSR count). The van der Waals surface area contributed by atoms with E-state index in [2.05, 4.69) is 20.0 Å². The monoisotopic (exact) mass is 415 g/mol. The lowest BCUT2D eigenvalue weighted by Crippen LogP contribution is -2.36. The number of aryl methyl sites for hydroxylation is 1. The number of rotatable bonds is 4. The second kappa shape index (κ2) is 7.81. The minimum absolute atomic E-state index is 0.0307. The quantitative estimate of drug-likeness (QED) is 0.546. The highest BCUT2D eigenvalue weighted by Gasteiger charge is 2.20. The van der Waals surface area contributed by atoms with Crippen molar-refractivity contribution in [3.05, 3.63) is 66.1 Å². The van der Waals surface area contributed by atoms with E-state index in [-0.39, 0.29) is 5.69 Å². The summed E-state index contributed by atoms with van der Waals surface area (Å²) in [6, 6.07) is 15.1. The van der Waals surface area contributed by atoms with Gasteiger partial charge >= 0.3 is 5.97 Å². The Labute approximate surface area is 178 Å². The van der Waals surface area contributed by atoms with Crippen LogP contribution in [-0.2, 0) is 4.74 Å². The summed E-state index contributed by atoms with van der Waals surface area (Å²) in [6.45, 7) is 4.89. The largest absolute Gasteiger partial charge is 0.477 e. The Bertz CT molecular complexity index is 1250. The number of nitrogens with zero attached hydrogens (tertiary/aromatic N) is 5. The van der Waals surface area contributed by atoms with E-state index in [1.54, 1.807) is 16.9 Å². The standard InChI is InChI=1S/C23H21N5O3/c1-15-21-18(16-7-8-20(24-14-16)27-9-11-31-12-10-27)13-19(23(29)30)25-22(21)28(26-15)17-5-3-2-4-6-17/h2-8,13-14H,9-12H2,1H3,(H,29,30). The summed E-state index contributed by atoms with van der Waals surface area (Å²) in [5.41, 5.74) is 3.65. The third-order valence-corrected chi connectivity index (χ3v) is 5.43. The highest BCUT2D eigenvalue weighted by molar-refractivity contribution is 5.99. The number of carboxylic acid groups (broad SMARTS) is 1. The number of pyridine rings is 2. The first-order valence-electron chi connectivity index (χ1n) is 10.1. The molecule has 1 fully saturated rings. The second-order valence-corrected chi connectivity index (χ2v) is 7.40. The zero-order chi connectivity index (χ0) is 21.4. The average molecular weight is 415 g/mol. The van der Waals surface area contributed by atoms with Crippen molar-refractivity contribution in [2.45, 2.75) is 6.92 Å². The number of ether oxygens (including phenoxy) is 1. The number of aromatic carboxylic acids is 1. The van der Waals surface area contributed by atoms with Gasteiger partial charge in [0.15, 0.2) is 11.3 Å². The van der Waals surface area contributed by atoms with E-state index in [9.17, 15) is 9.90 Å². The number of hydrogen-bond acceptors (Lipinski definition) is 6. The maximum Gasteiger partial charge on any atom is 0.354 e. The predicted molar refractivity (Wildman–Crippen MR) is 117 cm³/mol. The molecule has 0 unspecified atom stereocenters. The van der Waals surface area contributed by atoms with Gasteiger partial charge in [-0.3, -0.25) is 0 Å². The Balaban J connectivity index is 1.66. The first-order chi connectivity index (χ1) is 15.1. The van der Waals surface area contributed by atoms with Crippen LogP contribution >= 0.6 is 0 Å². The summed E-state index contributed by atoms with van der Waals surface area (Å²) in [6.07, 6.45) is 1.78. The zero-order valence-corrected chi connectivity index (χ0v) is 17.0. The molecule has 0 atom stereocenters. The Morgan fingerprint density at radius 1 is 1.10 bits per heavy atom. The van der Waals surface area contributed by atoms with Crippen molar-refractivity contribution in [3.63, 3.8) is 0 Å². The lowest BCUT2D eigenvalue weighted by atomic mass is 10.0. The summed E-state index contributed by atoms with van der Waals surface area (Å²) in [4.78, 5) is 23.0. The molecule has 8 nitrogen and oxygen atoms in total. The van der Waals surface area contributed by atoms with E-state index < -0.39 is 5.97 Å². The van der Waals surface area contributed by atoms with Crippen LogP contribution in [0.5, 0.6) is 0 Å². The smallest absolute Gasteiger partial charge is 0.354 e. The molecule has 0 bridgehead atoms. The molecule has 156 valence electrons. The van der Waals surface area contributed by atoms with Crippen LogP contribution < -0.4 is 4.90 Å². The first kappa shape index (κ1) is 19.2. The van der Waals surface area contributed by atoms with Crippen molar-refractivity contribution < 1.29 is 14.6 Å². The molecular formula is C23H21N5O3. The number of fused-ring (bicyclic) bond motifs is 1. The third kappa shape index (κ3) is 3.51. The minimum Gasteiger partial charge on any atom is -0.477 e. The number of carbonyl (C=O) groups is 1. The number of aromatic nitrogens is 4. The number of para-hydroxylation sites is 1. The fraction of sp³-hybridized carbons (Fsp3) is 0.217. The molecule has 0 saturated carbocycles. The molecule has 31 heavy (non-hydrogen) atoms. The number of carboxylic acids is 1. The van der Waals surface area contributed by atoms with Crippen LogP contribution in [0.2, 0.25) is 0 Å². The lowest BCUT2D eigenvalue weighted by molar-refractivity contribution is 0.0691. The van der Waals surface area contributed by atoms with Crippen LogP contribution in [0.1, 0.15) is 16.2 Å². The summed E-state index contributed by atoms with van der Waals surface area (Å²) < 4.78 is 7.10. The van der Waals surface area contributed by atoms with Gasteiger partial charge in [-0.25, -0.2) is 19.4 Å². The van der Waals surface area contributed by atoms with E-state index >= 15 is 0 Å². The molecule has 4 heterocycles. The molecule has 1 aliphatic heterocycles. The summed E-state index contributed by atoms with van der Waals surface area (Å²) in [7, 11) is 0. The van der Waals surface area contributed by atoms with Crippen LogP contribution in [0.15, 0.2) is 54.7 Å². The van der Waals surface area contributed by atoms with Gasteiger partial charge in [-0.05, 0) is 42.8 Å². The molecule has 1 aliphatic rings. The predicted octanol–water partition coefficient (Wildman–Crippen LogP) is 3.33.